The lowest BCUT2D eigenvalue weighted by atomic mass is 9.76. The number of carbonyl (C=O) groups excluding carboxylic acids is 1. The maximum absolute atomic E-state index is 12.6. The monoisotopic (exact) mass is 268 g/mol. The van der Waals surface area contributed by atoms with Gasteiger partial charge in [-0.3, -0.25) is 4.79 Å². The second kappa shape index (κ2) is 6.23. The van der Waals surface area contributed by atoms with E-state index in [-0.39, 0.29) is 16.9 Å². The Morgan fingerprint density at radius 3 is 2.79 bits per heavy atom. The van der Waals surface area contributed by atoms with Crippen LogP contribution in [0.1, 0.15) is 52.4 Å². The van der Waals surface area contributed by atoms with Gasteiger partial charge in [-0.25, -0.2) is 0 Å². The third kappa shape index (κ3) is 3.48. The molecule has 0 bridgehead atoms. The number of ether oxygens (including phenoxy) is 1. The van der Waals surface area contributed by atoms with Crippen LogP contribution in [-0.4, -0.2) is 37.7 Å². The van der Waals surface area contributed by atoms with E-state index >= 15 is 0 Å². The van der Waals surface area contributed by atoms with Gasteiger partial charge >= 0.3 is 0 Å². The molecule has 2 N–H and O–H groups in total. The van der Waals surface area contributed by atoms with Crippen LogP contribution < -0.4 is 10.6 Å². The highest BCUT2D eigenvalue weighted by atomic mass is 16.5. The van der Waals surface area contributed by atoms with Crippen LogP contribution in [0.15, 0.2) is 0 Å². The average molecular weight is 268 g/mol. The number of hydrogen-bond donors (Lipinski definition) is 2. The first-order chi connectivity index (χ1) is 9.10. The molecule has 4 heteroatoms. The maximum atomic E-state index is 12.6. The van der Waals surface area contributed by atoms with Crippen LogP contribution in [0, 0.1) is 5.41 Å². The normalized spacial score (nSPS) is 35.3. The molecule has 0 radical (unpaired) electrons. The zero-order valence-corrected chi connectivity index (χ0v) is 12.4. The minimum Gasteiger partial charge on any atom is -0.373 e. The minimum atomic E-state index is -0.192. The second-order valence-electron chi connectivity index (χ2n) is 6.40. The summed E-state index contributed by atoms with van der Waals surface area (Å²) in [4.78, 5) is 12.6. The highest BCUT2D eigenvalue weighted by Crippen LogP contribution is 2.32. The molecular formula is C15H28N2O2. The van der Waals surface area contributed by atoms with Gasteiger partial charge in [-0.1, -0.05) is 13.3 Å². The van der Waals surface area contributed by atoms with Crippen molar-refractivity contribution in [3.63, 3.8) is 0 Å². The molecule has 2 aliphatic heterocycles. The largest absolute Gasteiger partial charge is 0.373 e. The van der Waals surface area contributed by atoms with E-state index in [1.54, 1.807) is 0 Å². The van der Waals surface area contributed by atoms with Crippen LogP contribution >= 0.6 is 0 Å². The van der Waals surface area contributed by atoms with Gasteiger partial charge in [0.1, 0.15) is 0 Å². The Labute approximate surface area is 116 Å². The van der Waals surface area contributed by atoms with Crippen LogP contribution in [0.25, 0.3) is 0 Å². The summed E-state index contributed by atoms with van der Waals surface area (Å²) < 4.78 is 5.74. The first kappa shape index (κ1) is 14.8. The van der Waals surface area contributed by atoms with Gasteiger partial charge in [0.25, 0.3) is 0 Å². The van der Waals surface area contributed by atoms with Gasteiger partial charge in [0.05, 0.1) is 11.0 Å². The third-order valence-corrected chi connectivity index (χ3v) is 4.61. The van der Waals surface area contributed by atoms with Gasteiger partial charge in [-0.05, 0) is 45.6 Å². The van der Waals surface area contributed by atoms with Gasteiger partial charge in [-0.2, -0.15) is 0 Å². The van der Waals surface area contributed by atoms with Crippen molar-refractivity contribution in [1.29, 1.82) is 0 Å². The molecule has 0 saturated carbocycles. The molecule has 1 amide bonds. The molecule has 0 aliphatic carbocycles. The Bertz CT molecular complexity index is 300. The Kier molecular flexibility index (Phi) is 4.85. The van der Waals surface area contributed by atoms with E-state index in [4.69, 9.17) is 4.74 Å². The van der Waals surface area contributed by atoms with Crippen molar-refractivity contribution in [2.45, 2.75) is 58.0 Å². The molecular weight excluding hydrogens is 240 g/mol. The van der Waals surface area contributed by atoms with Gasteiger partial charge in [0.15, 0.2) is 0 Å². The Hall–Kier alpha value is -0.610. The van der Waals surface area contributed by atoms with E-state index in [2.05, 4.69) is 24.5 Å². The van der Waals surface area contributed by atoms with E-state index in [1.165, 1.54) is 0 Å². The summed E-state index contributed by atoms with van der Waals surface area (Å²) >= 11 is 0. The highest BCUT2D eigenvalue weighted by Gasteiger charge is 2.40. The third-order valence-electron chi connectivity index (χ3n) is 4.61. The summed E-state index contributed by atoms with van der Waals surface area (Å²) in [5.41, 5.74) is -0.340. The van der Waals surface area contributed by atoms with Crippen LogP contribution in [-0.2, 0) is 9.53 Å². The molecule has 2 atom stereocenters. The number of hydrogen-bond acceptors (Lipinski definition) is 3. The molecule has 0 aromatic rings. The van der Waals surface area contributed by atoms with Gasteiger partial charge in [-0.15, -0.1) is 0 Å². The fraction of sp³-hybridized carbons (Fsp3) is 0.933. The van der Waals surface area contributed by atoms with Gasteiger partial charge in [0, 0.05) is 19.7 Å². The zero-order valence-electron chi connectivity index (χ0n) is 12.4. The Morgan fingerprint density at radius 1 is 1.37 bits per heavy atom. The summed E-state index contributed by atoms with van der Waals surface area (Å²) in [6.45, 7) is 7.60. The fourth-order valence-corrected chi connectivity index (χ4v) is 3.40. The number of carbonyl (C=O) groups is 1. The molecule has 2 aliphatic rings. The molecule has 19 heavy (non-hydrogen) atoms. The summed E-state index contributed by atoms with van der Waals surface area (Å²) in [7, 11) is 0. The van der Waals surface area contributed by atoms with Gasteiger partial charge < -0.3 is 15.4 Å². The number of piperidine rings is 1. The molecule has 0 aromatic heterocycles. The number of amides is 1. The SMILES string of the molecule is CCCC1(C(=O)NCC2(C)CCCO2)CCCNC1. The molecule has 4 nitrogen and oxygen atoms in total. The van der Waals surface area contributed by atoms with E-state index in [0.29, 0.717) is 6.54 Å². The highest BCUT2D eigenvalue weighted by molar-refractivity contribution is 5.83. The number of rotatable bonds is 5. The van der Waals surface area contributed by atoms with Crippen molar-refractivity contribution in [3.05, 3.63) is 0 Å². The molecule has 2 rings (SSSR count). The van der Waals surface area contributed by atoms with Crippen molar-refractivity contribution < 1.29 is 9.53 Å². The number of nitrogens with one attached hydrogen (secondary N) is 2. The van der Waals surface area contributed by atoms with Crippen molar-refractivity contribution in [2.24, 2.45) is 5.41 Å². The van der Waals surface area contributed by atoms with Crippen LogP contribution in [0.3, 0.4) is 0 Å². The molecule has 110 valence electrons. The molecule has 2 saturated heterocycles. The molecule has 2 fully saturated rings. The van der Waals surface area contributed by atoms with E-state index in [0.717, 1.165) is 58.2 Å². The lowest BCUT2D eigenvalue weighted by molar-refractivity contribution is -0.134. The lowest BCUT2D eigenvalue weighted by Gasteiger charge is -2.37. The van der Waals surface area contributed by atoms with Gasteiger partial charge in [0.2, 0.25) is 5.91 Å². The topological polar surface area (TPSA) is 50.4 Å². The predicted octanol–water partition coefficient (Wildman–Crippen LogP) is 1.84. The first-order valence-corrected chi connectivity index (χ1v) is 7.73. The quantitative estimate of drug-likeness (QED) is 0.800. The average Bonchev–Trinajstić information content (AvgIpc) is 2.85. The van der Waals surface area contributed by atoms with Crippen LogP contribution in [0.4, 0.5) is 0 Å². The zero-order chi connectivity index (χ0) is 13.8. The molecule has 0 aromatic carbocycles. The van der Waals surface area contributed by atoms with Crippen LogP contribution in [0.5, 0.6) is 0 Å². The predicted molar refractivity (Wildman–Crippen MR) is 76.0 cm³/mol. The Balaban J connectivity index is 1.91. The summed E-state index contributed by atoms with van der Waals surface area (Å²) in [6.07, 6.45) is 6.30. The molecule has 2 unspecified atom stereocenters. The maximum Gasteiger partial charge on any atom is 0.227 e. The standard InChI is InChI=1S/C15H28N2O2/c1-3-6-15(8-4-9-16-12-15)13(18)17-11-14(2)7-5-10-19-14/h16H,3-12H2,1-2H3,(H,17,18). The van der Waals surface area contributed by atoms with E-state index < -0.39 is 0 Å². The van der Waals surface area contributed by atoms with Crippen molar-refractivity contribution >= 4 is 5.91 Å². The first-order valence-electron chi connectivity index (χ1n) is 7.73. The van der Waals surface area contributed by atoms with Crippen molar-refractivity contribution in [1.82, 2.24) is 10.6 Å². The van der Waals surface area contributed by atoms with Crippen molar-refractivity contribution in [3.8, 4) is 0 Å². The summed E-state index contributed by atoms with van der Waals surface area (Å²) in [6, 6.07) is 0. The van der Waals surface area contributed by atoms with Crippen LogP contribution in [0.2, 0.25) is 0 Å². The fourth-order valence-electron chi connectivity index (χ4n) is 3.40. The summed E-state index contributed by atoms with van der Waals surface area (Å²) in [5, 5.41) is 6.54. The molecule has 0 spiro atoms. The van der Waals surface area contributed by atoms with E-state index in [9.17, 15) is 4.79 Å². The second-order valence-corrected chi connectivity index (χ2v) is 6.40. The van der Waals surface area contributed by atoms with Crippen molar-refractivity contribution in [2.75, 3.05) is 26.2 Å². The minimum absolute atomic E-state index is 0.148. The molecule has 2 heterocycles. The smallest absolute Gasteiger partial charge is 0.227 e. The summed E-state index contributed by atoms with van der Waals surface area (Å²) in [5.74, 6) is 0.221. The lowest BCUT2D eigenvalue weighted by Crippen LogP contribution is -2.53. The van der Waals surface area contributed by atoms with E-state index in [1.807, 2.05) is 0 Å². The Morgan fingerprint density at radius 2 is 2.21 bits per heavy atom.